The van der Waals surface area contributed by atoms with Gasteiger partial charge in [0.1, 0.15) is 5.75 Å². The molecule has 0 aliphatic carbocycles. The lowest BCUT2D eigenvalue weighted by Gasteiger charge is -2.37. The molecule has 1 aromatic rings. The molecule has 4 nitrogen and oxygen atoms in total. The maximum Gasteiger partial charge on any atom is 0.228 e. The van der Waals surface area contributed by atoms with E-state index in [-0.39, 0.29) is 17.7 Å². The zero-order valence-corrected chi connectivity index (χ0v) is 10.9. The van der Waals surface area contributed by atoms with Crippen molar-refractivity contribution in [2.75, 3.05) is 25.5 Å². The van der Waals surface area contributed by atoms with Crippen molar-refractivity contribution in [2.45, 2.75) is 12.3 Å². The van der Waals surface area contributed by atoms with Crippen molar-refractivity contribution >= 4 is 23.2 Å². The number of ether oxygens (including phenoxy) is 1. The minimum absolute atomic E-state index is 0.0598. The number of nitrogens with one attached hydrogen (secondary N) is 2. The van der Waals surface area contributed by atoms with Crippen molar-refractivity contribution in [2.24, 2.45) is 5.92 Å². The molecule has 0 saturated carbocycles. The van der Waals surface area contributed by atoms with E-state index in [2.05, 4.69) is 10.6 Å². The summed E-state index contributed by atoms with van der Waals surface area (Å²) in [6.07, 6.45) is 0.876. The first kappa shape index (κ1) is 11.8. The molecule has 2 heterocycles. The molecule has 2 aliphatic rings. The highest BCUT2D eigenvalue weighted by molar-refractivity contribution is 6.32. The lowest BCUT2D eigenvalue weighted by atomic mass is 9.77. The maximum absolute atomic E-state index is 12.0. The summed E-state index contributed by atoms with van der Waals surface area (Å²) in [5.41, 5.74) is 1.93. The highest BCUT2D eigenvalue weighted by atomic mass is 35.5. The molecule has 1 amide bonds. The van der Waals surface area contributed by atoms with E-state index >= 15 is 0 Å². The molecule has 5 heteroatoms. The van der Waals surface area contributed by atoms with Gasteiger partial charge in [-0.3, -0.25) is 4.79 Å². The van der Waals surface area contributed by atoms with Gasteiger partial charge in [0.05, 0.1) is 12.1 Å². The minimum atomic E-state index is 0.0598. The summed E-state index contributed by atoms with van der Waals surface area (Å²) >= 11 is 6.09. The van der Waals surface area contributed by atoms with Crippen LogP contribution in [-0.2, 0) is 4.79 Å². The SMILES string of the molecule is COc1cc2c(cc1Cl)NC(=O)C1CCNCC21. The molecule has 0 aromatic heterocycles. The predicted octanol–water partition coefficient (Wildman–Crippen LogP) is 1.99. The van der Waals surface area contributed by atoms with Crippen LogP contribution in [0, 0.1) is 5.92 Å². The first-order valence-corrected chi connectivity index (χ1v) is 6.47. The molecule has 1 fully saturated rings. The quantitative estimate of drug-likeness (QED) is 0.817. The highest BCUT2D eigenvalue weighted by Crippen LogP contribution is 2.42. The average molecular weight is 267 g/mol. The Morgan fingerprint density at radius 1 is 1.39 bits per heavy atom. The summed E-state index contributed by atoms with van der Waals surface area (Å²) in [5.74, 6) is 1.05. The predicted molar refractivity (Wildman–Crippen MR) is 70.4 cm³/mol. The number of hydrogen-bond donors (Lipinski definition) is 2. The number of piperidine rings is 1. The number of halogens is 1. The highest BCUT2D eigenvalue weighted by Gasteiger charge is 2.37. The van der Waals surface area contributed by atoms with Crippen molar-refractivity contribution in [3.8, 4) is 5.75 Å². The van der Waals surface area contributed by atoms with Crippen molar-refractivity contribution in [3.05, 3.63) is 22.7 Å². The van der Waals surface area contributed by atoms with Crippen LogP contribution >= 0.6 is 11.6 Å². The summed E-state index contributed by atoms with van der Waals surface area (Å²) in [7, 11) is 1.60. The van der Waals surface area contributed by atoms with Crippen molar-refractivity contribution < 1.29 is 9.53 Å². The number of anilines is 1. The van der Waals surface area contributed by atoms with Crippen LogP contribution in [0.4, 0.5) is 5.69 Å². The van der Waals surface area contributed by atoms with Crippen LogP contribution < -0.4 is 15.4 Å². The first-order chi connectivity index (χ1) is 8.70. The van der Waals surface area contributed by atoms with Gasteiger partial charge in [-0.1, -0.05) is 11.6 Å². The van der Waals surface area contributed by atoms with Gasteiger partial charge < -0.3 is 15.4 Å². The summed E-state index contributed by atoms with van der Waals surface area (Å²) in [6.45, 7) is 1.73. The van der Waals surface area contributed by atoms with Crippen LogP contribution in [0.25, 0.3) is 0 Å². The number of carbonyl (C=O) groups is 1. The molecule has 0 spiro atoms. The fourth-order valence-corrected chi connectivity index (χ4v) is 3.11. The summed E-state index contributed by atoms with van der Waals surface area (Å²) in [4.78, 5) is 12.0. The Labute approximate surface area is 111 Å². The van der Waals surface area contributed by atoms with E-state index in [1.54, 1.807) is 13.2 Å². The Balaban J connectivity index is 2.08. The Morgan fingerprint density at radius 3 is 3.00 bits per heavy atom. The number of rotatable bonds is 1. The number of methoxy groups -OCH3 is 1. The van der Waals surface area contributed by atoms with Crippen LogP contribution in [-0.4, -0.2) is 26.1 Å². The van der Waals surface area contributed by atoms with Gasteiger partial charge in [0, 0.05) is 24.1 Å². The van der Waals surface area contributed by atoms with Gasteiger partial charge in [0.2, 0.25) is 5.91 Å². The largest absolute Gasteiger partial charge is 0.495 e. The van der Waals surface area contributed by atoms with Gasteiger partial charge in [0.15, 0.2) is 0 Å². The van der Waals surface area contributed by atoms with Gasteiger partial charge in [-0.2, -0.15) is 0 Å². The third kappa shape index (κ3) is 1.76. The topological polar surface area (TPSA) is 50.4 Å². The zero-order valence-electron chi connectivity index (χ0n) is 10.1. The Kier molecular flexibility index (Phi) is 2.92. The van der Waals surface area contributed by atoms with Gasteiger partial charge >= 0.3 is 0 Å². The third-order valence-electron chi connectivity index (χ3n) is 3.80. The Morgan fingerprint density at radius 2 is 2.22 bits per heavy atom. The lowest BCUT2D eigenvalue weighted by molar-refractivity contribution is -0.121. The third-order valence-corrected chi connectivity index (χ3v) is 4.10. The normalized spacial score (nSPS) is 26.0. The molecule has 2 N–H and O–H groups in total. The van der Waals surface area contributed by atoms with Gasteiger partial charge in [-0.25, -0.2) is 0 Å². The molecule has 18 heavy (non-hydrogen) atoms. The molecule has 96 valence electrons. The second-order valence-corrected chi connectivity index (χ2v) is 5.18. The zero-order chi connectivity index (χ0) is 12.7. The van der Waals surface area contributed by atoms with Crippen LogP contribution in [0.2, 0.25) is 5.02 Å². The number of benzene rings is 1. The van der Waals surface area contributed by atoms with Crippen LogP contribution in [0.1, 0.15) is 17.9 Å². The van der Waals surface area contributed by atoms with Crippen molar-refractivity contribution in [1.29, 1.82) is 0 Å². The number of amides is 1. The Hall–Kier alpha value is -1.26. The fraction of sp³-hybridized carbons (Fsp3) is 0.462. The smallest absolute Gasteiger partial charge is 0.228 e. The minimum Gasteiger partial charge on any atom is -0.495 e. The molecule has 0 radical (unpaired) electrons. The van der Waals surface area contributed by atoms with E-state index in [0.717, 1.165) is 30.8 Å². The van der Waals surface area contributed by atoms with E-state index in [0.29, 0.717) is 10.8 Å². The molecule has 1 aromatic carbocycles. The van der Waals surface area contributed by atoms with E-state index in [9.17, 15) is 4.79 Å². The second kappa shape index (κ2) is 4.44. The molecule has 3 rings (SSSR count). The van der Waals surface area contributed by atoms with Crippen LogP contribution in [0.3, 0.4) is 0 Å². The summed E-state index contributed by atoms with van der Waals surface area (Å²) in [6, 6.07) is 3.72. The van der Waals surface area contributed by atoms with E-state index in [1.165, 1.54) is 0 Å². The molecule has 2 aliphatic heterocycles. The van der Waals surface area contributed by atoms with Crippen molar-refractivity contribution in [3.63, 3.8) is 0 Å². The molecule has 2 atom stereocenters. The first-order valence-electron chi connectivity index (χ1n) is 6.09. The summed E-state index contributed by atoms with van der Waals surface area (Å²) in [5, 5.41) is 6.81. The molecule has 0 bridgehead atoms. The Bertz CT molecular complexity index is 504. The van der Waals surface area contributed by atoms with Gasteiger partial charge in [-0.15, -0.1) is 0 Å². The molecule has 1 saturated heterocycles. The monoisotopic (exact) mass is 266 g/mol. The van der Waals surface area contributed by atoms with E-state index in [1.807, 2.05) is 6.07 Å². The number of carbonyl (C=O) groups excluding carboxylic acids is 1. The fourth-order valence-electron chi connectivity index (χ4n) is 2.87. The number of hydrogen-bond acceptors (Lipinski definition) is 3. The van der Waals surface area contributed by atoms with Gasteiger partial charge in [0.25, 0.3) is 0 Å². The number of fused-ring (bicyclic) bond motifs is 3. The molecular formula is C13H15ClN2O2. The standard InChI is InChI=1S/C13H15ClN2O2/c1-18-12-4-8-9-6-15-3-2-7(9)13(17)16-11(8)5-10(12)14/h4-5,7,9,15H,2-3,6H2,1H3,(H,16,17). The van der Waals surface area contributed by atoms with Crippen molar-refractivity contribution in [1.82, 2.24) is 5.32 Å². The van der Waals surface area contributed by atoms with Crippen LogP contribution in [0.15, 0.2) is 12.1 Å². The van der Waals surface area contributed by atoms with E-state index < -0.39 is 0 Å². The van der Waals surface area contributed by atoms with E-state index in [4.69, 9.17) is 16.3 Å². The van der Waals surface area contributed by atoms with Crippen LogP contribution in [0.5, 0.6) is 5.75 Å². The second-order valence-electron chi connectivity index (χ2n) is 4.77. The summed E-state index contributed by atoms with van der Waals surface area (Å²) < 4.78 is 5.25. The molecular weight excluding hydrogens is 252 g/mol. The van der Waals surface area contributed by atoms with Gasteiger partial charge in [-0.05, 0) is 30.7 Å². The maximum atomic E-state index is 12.0. The lowest BCUT2D eigenvalue weighted by Crippen LogP contribution is -2.44. The molecule has 2 unspecified atom stereocenters. The average Bonchev–Trinajstić information content (AvgIpc) is 2.38.